The summed E-state index contributed by atoms with van der Waals surface area (Å²) in [5, 5.41) is 10.1. The molecule has 7 heteroatoms. The standard InChI is InChI=1S/C22H21ClFNO4/c1-12(2)28-21-15(10-14-4-6-16(24)7-5-14)11-25-20-17(23)8-9-18(19(20)21)29-13(3)22(26)27/h4-9,11-13H,10H2,1-3H3,(H,26,27). The number of carbonyl (C=O) groups is 1. The predicted molar refractivity (Wildman–Crippen MR) is 109 cm³/mol. The van der Waals surface area contributed by atoms with E-state index in [1.807, 2.05) is 13.8 Å². The van der Waals surface area contributed by atoms with Crippen molar-refractivity contribution >= 4 is 28.5 Å². The van der Waals surface area contributed by atoms with Crippen LogP contribution in [-0.2, 0) is 11.2 Å². The smallest absolute Gasteiger partial charge is 0.344 e. The molecule has 1 N–H and O–H groups in total. The molecule has 1 aromatic heterocycles. The van der Waals surface area contributed by atoms with Crippen LogP contribution in [0.4, 0.5) is 4.39 Å². The van der Waals surface area contributed by atoms with Gasteiger partial charge in [0, 0.05) is 18.2 Å². The topological polar surface area (TPSA) is 68.7 Å². The molecule has 0 amide bonds. The lowest BCUT2D eigenvalue weighted by Gasteiger charge is -2.20. The fraction of sp³-hybridized carbons (Fsp3) is 0.273. The van der Waals surface area contributed by atoms with Gasteiger partial charge in [0.1, 0.15) is 17.3 Å². The molecule has 1 atom stereocenters. The molecular weight excluding hydrogens is 397 g/mol. The number of ether oxygens (including phenoxy) is 2. The van der Waals surface area contributed by atoms with Crippen molar-refractivity contribution in [1.29, 1.82) is 0 Å². The Morgan fingerprint density at radius 3 is 2.45 bits per heavy atom. The zero-order chi connectivity index (χ0) is 21.1. The van der Waals surface area contributed by atoms with E-state index in [1.165, 1.54) is 19.1 Å². The minimum atomic E-state index is -1.09. The van der Waals surface area contributed by atoms with Crippen LogP contribution in [0.2, 0.25) is 5.02 Å². The number of nitrogens with zero attached hydrogens (tertiary/aromatic N) is 1. The summed E-state index contributed by atoms with van der Waals surface area (Å²) in [4.78, 5) is 15.7. The van der Waals surface area contributed by atoms with Gasteiger partial charge in [0.15, 0.2) is 6.10 Å². The molecule has 0 saturated heterocycles. The number of hydrogen-bond donors (Lipinski definition) is 1. The minimum Gasteiger partial charge on any atom is -0.490 e. The molecule has 1 heterocycles. The highest BCUT2D eigenvalue weighted by atomic mass is 35.5. The highest BCUT2D eigenvalue weighted by molar-refractivity contribution is 6.35. The first-order valence-electron chi connectivity index (χ1n) is 9.17. The number of fused-ring (bicyclic) bond motifs is 1. The van der Waals surface area contributed by atoms with Crippen molar-refractivity contribution in [1.82, 2.24) is 4.98 Å². The van der Waals surface area contributed by atoms with Gasteiger partial charge in [-0.2, -0.15) is 0 Å². The lowest BCUT2D eigenvalue weighted by Crippen LogP contribution is -2.23. The number of aliphatic carboxylic acids is 1. The Morgan fingerprint density at radius 2 is 1.83 bits per heavy atom. The van der Waals surface area contributed by atoms with Crippen LogP contribution in [0.3, 0.4) is 0 Å². The van der Waals surface area contributed by atoms with Gasteiger partial charge in [-0.15, -0.1) is 0 Å². The third kappa shape index (κ3) is 4.77. The normalized spacial score (nSPS) is 12.2. The van der Waals surface area contributed by atoms with Crippen LogP contribution >= 0.6 is 11.6 Å². The van der Waals surface area contributed by atoms with Gasteiger partial charge in [-0.1, -0.05) is 23.7 Å². The van der Waals surface area contributed by atoms with Crippen molar-refractivity contribution in [3.63, 3.8) is 0 Å². The summed E-state index contributed by atoms with van der Waals surface area (Å²) in [5.41, 5.74) is 2.10. The lowest BCUT2D eigenvalue weighted by atomic mass is 10.0. The second-order valence-electron chi connectivity index (χ2n) is 6.95. The molecule has 29 heavy (non-hydrogen) atoms. The third-order valence-electron chi connectivity index (χ3n) is 4.27. The Labute approximate surface area is 173 Å². The molecule has 3 rings (SSSR count). The highest BCUT2D eigenvalue weighted by Crippen LogP contribution is 2.40. The molecule has 1 unspecified atom stereocenters. The largest absolute Gasteiger partial charge is 0.490 e. The van der Waals surface area contributed by atoms with Gasteiger partial charge in [0.2, 0.25) is 0 Å². The SMILES string of the molecule is CC(C)Oc1c(Cc2ccc(F)cc2)cnc2c(Cl)ccc(OC(C)C(=O)O)c12. The van der Waals surface area contributed by atoms with Crippen molar-refractivity contribution in [2.24, 2.45) is 0 Å². The van der Waals surface area contributed by atoms with Crippen molar-refractivity contribution in [3.05, 3.63) is 64.6 Å². The summed E-state index contributed by atoms with van der Waals surface area (Å²) >= 11 is 6.33. The van der Waals surface area contributed by atoms with Gasteiger partial charge in [-0.3, -0.25) is 4.98 Å². The number of rotatable bonds is 7. The van der Waals surface area contributed by atoms with E-state index in [2.05, 4.69) is 4.98 Å². The zero-order valence-electron chi connectivity index (χ0n) is 16.3. The molecular formula is C22H21ClFNO4. The number of pyridine rings is 1. The predicted octanol–water partition coefficient (Wildman–Crippen LogP) is 5.26. The fourth-order valence-corrected chi connectivity index (χ4v) is 3.12. The molecule has 0 saturated carbocycles. The van der Waals surface area contributed by atoms with Gasteiger partial charge >= 0.3 is 5.97 Å². The fourth-order valence-electron chi connectivity index (χ4n) is 2.91. The number of benzene rings is 2. The maximum absolute atomic E-state index is 13.3. The van der Waals surface area contributed by atoms with Crippen LogP contribution in [0.25, 0.3) is 10.9 Å². The van der Waals surface area contributed by atoms with E-state index < -0.39 is 12.1 Å². The van der Waals surface area contributed by atoms with Crippen LogP contribution in [0.5, 0.6) is 11.5 Å². The molecule has 0 bridgehead atoms. The van der Waals surface area contributed by atoms with Gasteiger partial charge in [0.25, 0.3) is 0 Å². The van der Waals surface area contributed by atoms with Crippen molar-refractivity contribution in [2.75, 3.05) is 0 Å². The number of carboxylic acid groups (broad SMARTS) is 1. The van der Waals surface area contributed by atoms with Crippen molar-refractivity contribution in [2.45, 2.75) is 39.4 Å². The zero-order valence-corrected chi connectivity index (χ0v) is 17.0. The average molecular weight is 418 g/mol. The van der Waals surface area contributed by atoms with E-state index in [4.69, 9.17) is 21.1 Å². The van der Waals surface area contributed by atoms with E-state index in [-0.39, 0.29) is 11.9 Å². The summed E-state index contributed by atoms with van der Waals surface area (Å²) in [7, 11) is 0. The van der Waals surface area contributed by atoms with Crippen LogP contribution < -0.4 is 9.47 Å². The Kier molecular flexibility index (Phi) is 6.23. The van der Waals surface area contributed by atoms with E-state index in [0.717, 1.165) is 11.1 Å². The molecule has 0 radical (unpaired) electrons. The Bertz CT molecular complexity index is 1040. The molecule has 5 nitrogen and oxygen atoms in total. The van der Waals surface area contributed by atoms with Gasteiger partial charge in [-0.05, 0) is 50.6 Å². The van der Waals surface area contributed by atoms with E-state index >= 15 is 0 Å². The Balaban J connectivity index is 2.18. The number of halogens is 2. The summed E-state index contributed by atoms with van der Waals surface area (Å²) in [6.45, 7) is 5.22. The summed E-state index contributed by atoms with van der Waals surface area (Å²) in [6.07, 6.45) is 0.897. The second kappa shape index (κ2) is 8.66. The lowest BCUT2D eigenvalue weighted by molar-refractivity contribution is -0.144. The molecule has 0 aliphatic heterocycles. The van der Waals surface area contributed by atoms with Gasteiger partial charge in [-0.25, -0.2) is 9.18 Å². The summed E-state index contributed by atoms with van der Waals surface area (Å²) < 4.78 is 25.0. The first-order valence-corrected chi connectivity index (χ1v) is 9.54. The molecule has 152 valence electrons. The summed E-state index contributed by atoms with van der Waals surface area (Å²) in [6, 6.07) is 9.40. The Hall–Kier alpha value is -2.86. The Morgan fingerprint density at radius 1 is 1.14 bits per heavy atom. The number of carboxylic acids is 1. The number of aromatic nitrogens is 1. The van der Waals surface area contributed by atoms with E-state index in [9.17, 15) is 14.3 Å². The van der Waals surface area contributed by atoms with E-state index in [0.29, 0.717) is 33.8 Å². The number of hydrogen-bond acceptors (Lipinski definition) is 4. The summed E-state index contributed by atoms with van der Waals surface area (Å²) in [5.74, 6) is -0.558. The van der Waals surface area contributed by atoms with Gasteiger partial charge in [0.05, 0.1) is 22.0 Å². The maximum atomic E-state index is 13.3. The van der Waals surface area contributed by atoms with Crippen molar-refractivity contribution in [3.8, 4) is 11.5 Å². The minimum absolute atomic E-state index is 0.156. The maximum Gasteiger partial charge on any atom is 0.344 e. The van der Waals surface area contributed by atoms with Crippen LogP contribution in [0.15, 0.2) is 42.6 Å². The first kappa shape index (κ1) is 20.9. The third-order valence-corrected chi connectivity index (χ3v) is 4.58. The molecule has 0 aliphatic rings. The quantitative estimate of drug-likeness (QED) is 0.568. The molecule has 0 fully saturated rings. The monoisotopic (exact) mass is 417 g/mol. The van der Waals surface area contributed by atoms with E-state index in [1.54, 1.807) is 30.5 Å². The van der Waals surface area contributed by atoms with Crippen LogP contribution in [0.1, 0.15) is 31.9 Å². The van der Waals surface area contributed by atoms with Gasteiger partial charge < -0.3 is 14.6 Å². The first-order chi connectivity index (χ1) is 13.8. The molecule has 3 aromatic rings. The van der Waals surface area contributed by atoms with Crippen LogP contribution in [-0.4, -0.2) is 28.3 Å². The highest BCUT2D eigenvalue weighted by Gasteiger charge is 2.21. The molecule has 0 spiro atoms. The molecule has 2 aromatic carbocycles. The second-order valence-corrected chi connectivity index (χ2v) is 7.36. The average Bonchev–Trinajstić information content (AvgIpc) is 2.66. The van der Waals surface area contributed by atoms with Crippen molar-refractivity contribution < 1.29 is 23.8 Å². The van der Waals surface area contributed by atoms with Crippen LogP contribution in [0, 0.1) is 5.82 Å². The molecule has 0 aliphatic carbocycles.